The Kier molecular flexibility index (Phi) is 9.52. The van der Waals surface area contributed by atoms with E-state index in [2.05, 4.69) is 20.9 Å². The summed E-state index contributed by atoms with van der Waals surface area (Å²) in [5.41, 5.74) is 1.06. The van der Waals surface area contributed by atoms with E-state index in [-0.39, 0.29) is 12.5 Å². The fraction of sp³-hybridized carbons (Fsp3) is 0.400. The molecular formula is C20H28N4O3. The summed E-state index contributed by atoms with van der Waals surface area (Å²) in [5, 5.41) is 9.19. The Balaban J connectivity index is 1.61. The molecule has 146 valence electrons. The van der Waals surface area contributed by atoms with Crippen molar-refractivity contribution < 1.29 is 13.9 Å². The smallest absolute Gasteiger partial charge is 0.242 e. The van der Waals surface area contributed by atoms with Gasteiger partial charge in [0.1, 0.15) is 18.9 Å². The summed E-state index contributed by atoms with van der Waals surface area (Å²) < 4.78 is 10.7. The molecule has 0 aliphatic rings. The second-order valence-electron chi connectivity index (χ2n) is 5.87. The molecule has 0 saturated carbocycles. The van der Waals surface area contributed by atoms with E-state index in [0.717, 1.165) is 24.3 Å². The van der Waals surface area contributed by atoms with Crippen molar-refractivity contribution in [3.8, 4) is 0 Å². The number of carbonyl (C=O) groups is 1. The van der Waals surface area contributed by atoms with Crippen molar-refractivity contribution in [2.75, 3.05) is 26.2 Å². The summed E-state index contributed by atoms with van der Waals surface area (Å²) in [6, 6.07) is 13.5. The molecule has 0 fully saturated rings. The summed E-state index contributed by atoms with van der Waals surface area (Å²) in [6.07, 6.45) is 2.46. The molecule has 7 nitrogen and oxygen atoms in total. The second kappa shape index (κ2) is 12.5. The number of hydrogen-bond donors (Lipinski definition) is 3. The molecule has 1 aromatic heterocycles. The fourth-order valence-electron chi connectivity index (χ4n) is 2.29. The molecule has 3 N–H and O–H groups in total. The van der Waals surface area contributed by atoms with Gasteiger partial charge in [-0.15, -0.1) is 0 Å². The van der Waals surface area contributed by atoms with Gasteiger partial charge in [0, 0.05) is 26.2 Å². The van der Waals surface area contributed by atoms with Crippen molar-refractivity contribution in [1.29, 1.82) is 0 Å². The third kappa shape index (κ3) is 8.91. The number of rotatable bonds is 11. The Morgan fingerprint density at radius 3 is 2.70 bits per heavy atom. The molecule has 0 unspecified atom stereocenters. The van der Waals surface area contributed by atoms with Gasteiger partial charge in [0.05, 0.1) is 6.26 Å². The maximum atomic E-state index is 12.0. The topological polar surface area (TPSA) is 87.9 Å². The Morgan fingerprint density at radius 2 is 1.96 bits per heavy atom. The first-order chi connectivity index (χ1) is 13.3. The van der Waals surface area contributed by atoms with Gasteiger partial charge in [-0.1, -0.05) is 30.3 Å². The summed E-state index contributed by atoms with van der Waals surface area (Å²) >= 11 is 0. The van der Waals surface area contributed by atoms with Crippen molar-refractivity contribution in [2.24, 2.45) is 4.99 Å². The van der Waals surface area contributed by atoms with Crippen LogP contribution in [0.15, 0.2) is 58.1 Å². The monoisotopic (exact) mass is 372 g/mol. The first-order valence-corrected chi connectivity index (χ1v) is 9.21. The number of aliphatic imine (C=N–C) groups is 1. The standard InChI is InChI=1S/C20H28N4O3/c1-2-21-20(22-11-7-12-26-16-18-10-6-13-27-18)24-15-19(25)23-14-17-8-4-3-5-9-17/h3-6,8-10,13H,2,7,11-12,14-16H2,1H3,(H,23,25)(H2,21,22,24). The van der Waals surface area contributed by atoms with Crippen molar-refractivity contribution in [3.63, 3.8) is 0 Å². The summed E-state index contributed by atoms with van der Waals surface area (Å²) in [7, 11) is 0. The number of furan rings is 1. The quantitative estimate of drug-likeness (QED) is 0.319. The predicted molar refractivity (Wildman–Crippen MR) is 105 cm³/mol. The van der Waals surface area contributed by atoms with Crippen LogP contribution in [0.2, 0.25) is 0 Å². The number of ether oxygens (including phenoxy) is 1. The normalized spacial score (nSPS) is 11.2. The highest BCUT2D eigenvalue weighted by molar-refractivity contribution is 5.84. The van der Waals surface area contributed by atoms with Crippen molar-refractivity contribution >= 4 is 11.9 Å². The lowest BCUT2D eigenvalue weighted by Gasteiger charge is -2.11. The third-order valence-electron chi connectivity index (χ3n) is 3.64. The van der Waals surface area contributed by atoms with E-state index in [4.69, 9.17) is 9.15 Å². The molecule has 0 spiro atoms. The van der Waals surface area contributed by atoms with Crippen molar-refractivity contribution in [3.05, 3.63) is 60.1 Å². The number of nitrogens with one attached hydrogen (secondary N) is 3. The molecule has 27 heavy (non-hydrogen) atoms. The Morgan fingerprint density at radius 1 is 1.11 bits per heavy atom. The average Bonchev–Trinajstić information content (AvgIpc) is 3.21. The first-order valence-electron chi connectivity index (χ1n) is 9.21. The fourth-order valence-corrected chi connectivity index (χ4v) is 2.29. The average molecular weight is 372 g/mol. The van der Waals surface area contributed by atoms with Gasteiger partial charge in [-0.25, -0.2) is 4.99 Å². The lowest BCUT2D eigenvalue weighted by Crippen LogP contribution is -2.39. The lowest BCUT2D eigenvalue weighted by atomic mass is 10.2. The van der Waals surface area contributed by atoms with Gasteiger partial charge in [-0.2, -0.15) is 0 Å². The zero-order valence-electron chi connectivity index (χ0n) is 15.7. The molecule has 0 aliphatic heterocycles. The van der Waals surface area contributed by atoms with Crippen LogP contribution in [0.1, 0.15) is 24.7 Å². The predicted octanol–water partition coefficient (Wildman–Crippen LogP) is 2.06. The van der Waals surface area contributed by atoms with Crippen LogP contribution in [0.5, 0.6) is 0 Å². The molecule has 1 amide bonds. The lowest BCUT2D eigenvalue weighted by molar-refractivity contribution is -0.119. The Bertz CT molecular complexity index is 672. The van der Waals surface area contributed by atoms with Crippen LogP contribution in [0.25, 0.3) is 0 Å². The molecule has 0 aliphatic carbocycles. The summed E-state index contributed by atoms with van der Waals surface area (Å²) in [6.45, 7) is 5.10. The SMILES string of the molecule is CCNC(=NCC(=O)NCc1ccccc1)NCCCOCc1ccco1. The largest absolute Gasteiger partial charge is 0.467 e. The zero-order chi connectivity index (χ0) is 19.2. The van der Waals surface area contributed by atoms with E-state index in [0.29, 0.717) is 32.3 Å². The molecule has 0 saturated heterocycles. The van der Waals surface area contributed by atoms with E-state index >= 15 is 0 Å². The van der Waals surface area contributed by atoms with Gasteiger partial charge >= 0.3 is 0 Å². The van der Waals surface area contributed by atoms with Crippen molar-refractivity contribution in [2.45, 2.75) is 26.5 Å². The van der Waals surface area contributed by atoms with E-state index in [1.165, 1.54) is 0 Å². The molecule has 1 heterocycles. The minimum Gasteiger partial charge on any atom is -0.467 e. The molecule has 1 aromatic carbocycles. The van der Waals surface area contributed by atoms with Crippen LogP contribution < -0.4 is 16.0 Å². The van der Waals surface area contributed by atoms with Crippen molar-refractivity contribution in [1.82, 2.24) is 16.0 Å². The van der Waals surface area contributed by atoms with Gasteiger partial charge in [0.15, 0.2) is 5.96 Å². The number of amides is 1. The van der Waals surface area contributed by atoms with Gasteiger partial charge in [-0.05, 0) is 31.0 Å². The number of benzene rings is 1. The van der Waals surface area contributed by atoms with Crippen LogP contribution >= 0.6 is 0 Å². The van der Waals surface area contributed by atoms with E-state index in [1.807, 2.05) is 49.4 Å². The van der Waals surface area contributed by atoms with Crippen LogP contribution in [0.4, 0.5) is 0 Å². The van der Waals surface area contributed by atoms with E-state index in [9.17, 15) is 4.79 Å². The van der Waals surface area contributed by atoms with Crippen LogP contribution in [0, 0.1) is 0 Å². The molecule has 0 radical (unpaired) electrons. The zero-order valence-corrected chi connectivity index (χ0v) is 15.7. The minimum absolute atomic E-state index is 0.0805. The third-order valence-corrected chi connectivity index (χ3v) is 3.64. The maximum absolute atomic E-state index is 12.0. The van der Waals surface area contributed by atoms with Crippen LogP contribution in [-0.4, -0.2) is 38.1 Å². The molecule has 0 atom stereocenters. The highest BCUT2D eigenvalue weighted by Crippen LogP contribution is 2.01. The minimum atomic E-state index is -0.113. The van der Waals surface area contributed by atoms with Gasteiger partial charge < -0.3 is 25.1 Å². The molecule has 0 bridgehead atoms. The Labute approximate surface area is 160 Å². The number of guanidine groups is 1. The van der Waals surface area contributed by atoms with Gasteiger partial charge in [-0.3, -0.25) is 4.79 Å². The van der Waals surface area contributed by atoms with Gasteiger partial charge in [0.25, 0.3) is 0 Å². The van der Waals surface area contributed by atoms with E-state index < -0.39 is 0 Å². The first kappa shape index (κ1) is 20.5. The number of hydrogen-bond acceptors (Lipinski definition) is 4. The molecule has 7 heteroatoms. The molecule has 2 aromatic rings. The maximum Gasteiger partial charge on any atom is 0.242 e. The summed E-state index contributed by atoms with van der Waals surface area (Å²) in [4.78, 5) is 16.3. The highest BCUT2D eigenvalue weighted by atomic mass is 16.5. The Hall–Kier alpha value is -2.80. The summed E-state index contributed by atoms with van der Waals surface area (Å²) in [5.74, 6) is 1.33. The van der Waals surface area contributed by atoms with Crippen LogP contribution in [0.3, 0.4) is 0 Å². The second-order valence-corrected chi connectivity index (χ2v) is 5.87. The molecule has 2 rings (SSSR count). The number of nitrogens with zero attached hydrogens (tertiary/aromatic N) is 1. The molecular weight excluding hydrogens is 344 g/mol. The number of carbonyl (C=O) groups excluding carboxylic acids is 1. The van der Waals surface area contributed by atoms with E-state index in [1.54, 1.807) is 6.26 Å². The van der Waals surface area contributed by atoms with Crippen LogP contribution in [-0.2, 0) is 22.7 Å². The highest BCUT2D eigenvalue weighted by Gasteiger charge is 2.02. The van der Waals surface area contributed by atoms with Gasteiger partial charge in [0.2, 0.25) is 5.91 Å².